The summed E-state index contributed by atoms with van der Waals surface area (Å²) in [7, 11) is 1.57. The largest absolute Gasteiger partial charge is 0.493 e. The SMILES string of the molecule is COc1c(Br)cc(Cl)cc1NC(=O)CCC1CCCCN1. The Kier molecular flexibility index (Phi) is 6.33. The number of methoxy groups -OCH3 is 1. The van der Waals surface area contributed by atoms with Gasteiger partial charge in [-0.05, 0) is 53.9 Å². The number of ether oxygens (including phenoxy) is 1. The number of benzene rings is 1. The van der Waals surface area contributed by atoms with Crippen molar-refractivity contribution in [1.82, 2.24) is 5.32 Å². The van der Waals surface area contributed by atoms with Crippen LogP contribution in [-0.2, 0) is 4.79 Å². The van der Waals surface area contributed by atoms with Gasteiger partial charge in [-0.2, -0.15) is 0 Å². The summed E-state index contributed by atoms with van der Waals surface area (Å²) in [6.45, 7) is 1.06. The van der Waals surface area contributed by atoms with Gasteiger partial charge in [-0.1, -0.05) is 18.0 Å². The maximum Gasteiger partial charge on any atom is 0.224 e. The molecule has 1 amide bonds. The highest BCUT2D eigenvalue weighted by molar-refractivity contribution is 9.10. The standard InChI is InChI=1S/C15H20BrClN2O2/c1-21-15-12(16)8-10(17)9-13(15)19-14(20)6-5-11-4-2-3-7-18-11/h8-9,11,18H,2-7H2,1H3,(H,19,20). The minimum atomic E-state index is -0.0187. The lowest BCUT2D eigenvalue weighted by Gasteiger charge is -2.23. The topological polar surface area (TPSA) is 50.4 Å². The van der Waals surface area contributed by atoms with Crippen LogP contribution < -0.4 is 15.4 Å². The van der Waals surface area contributed by atoms with E-state index in [1.54, 1.807) is 19.2 Å². The summed E-state index contributed by atoms with van der Waals surface area (Å²) in [4.78, 5) is 12.1. The summed E-state index contributed by atoms with van der Waals surface area (Å²) in [6.07, 6.45) is 4.98. The summed E-state index contributed by atoms with van der Waals surface area (Å²) in [5.41, 5.74) is 0.596. The van der Waals surface area contributed by atoms with Crippen LogP contribution in [0.5, 0.6) is 5.75 Å². The van der Waals surface area contributed by atoms with Crippen molar-refractivity contribution in [3.05, 3.63) is 21.6 Å². The fraction of sp³-hybridized carbons (Fsp3) is 0.533. The first-order valence-electron chi connectivity index (χ1n) is 7.16. The zero-order chi connectivity index (χ0) is 15.2. The lowest BCUT2D eigenvalue weighted by atomic mass is 10.0. The Morgan fingerprint density at radius 2 is 2.33 bits per heavy atom. The molecule has 2 rings (SSSR count). The third-order valence-corrected chi connectivity index (χ3v) is 4.43. The zero-order valence-corrected chi connectivity index (χ0v) is 14.4. The molecule has 1 atom stereocenters. The van der Waals surface area contributed by atoms with E-state index in [1.807, 2.05) is 0 Å². The molecule has 21 heavy (non-hydrogen) atoms. The molecule has 1 saturated heterocycles. The highest BCUT2D eigenvalue weighted by Gasteiger charge is 2.16. The molecule has 0 spiro atoms. The van der Waals surface area contributed by atoms with E-state index in [0.717, 1.165) is 23.9 Å². The van der Waals surface area contributed by atoms with Crippen LogP contribution in [-0.4, -0.2) is 25.6 Å². The maximum absolute atomic E-state index is 12.1. The third-order valence-electron chi connectivity index (χ3n) is 3.62. The Balaban J connectivity index is 1.92. The molecule has 0 aromatic heterocycles. The van der Waals surface area contributed by atoms with Crippen LogP contribution in [0.4, 0.5) is 5.69 Å². The molecule has 0 radical (unpaired) electrons. The number of piperidine rings is 1. The van der Waals surface area contributed by atoms with E-state index in [-0.39, 0.29) is 5.91 Å². The summed E-state index contributed by atoms with van der Waals surface area (Å²) in [5, 5.41) is 6.87. The van der Waals surface area contributed by atoms with E-state index in [2.05, 4.69) is 26.6 Å². The Morgan fingerprint density at radius 1 is 1.52 bits per heavy atom. The zero-order valence-electron chi connectivity index (χ0n) is 12.0. The fourth-order valence-corrected chi connectivity index (χ4v) is 3.52. The molecule has 1 aromatic carbocycles. The number of hydrogen-bond donors (Lipinski definition) is 2. The Hall–Kier alpha value is -0.780. The molecule has 2 N–H and O–H groups in total. The first-order chi connectivity index (χ1) is 10.1. The molecule has 1 aromatic rings. The van der Waals surface area contributed by atoms with Gasteiger partial charge in [0.25, 0.3) is 0 Å². The average molecular weight is 376 g/mol. The van der Waals surface area contributed by atoms with Crippen molar-refractivity contribution in [2.24, 2.45) is 0 Å². The lowest BCUT2D eigenvalue weighted by Crippen LogP contribution is -2.34. The van der Waals surface area contributed by atoms with Crippen LogP contribution in [0.2, 0.25) is 5.02 Å². The molecule has 0 aliphatic carbocycles. The van der Waals surface area contributed by atoms with Gasteiger partial charge in [-0.25, -0.2) is 0 Å². The lowest BCUT2D eigenvalue weighted by molar-refractivity contribution is -0.116. The monoisotopic (exact) mass is 374 g/mol. The number of carbonyl (C=O) groups is 1. The van der Waals surface area contributed by atoms with E-state index in [1.165, 1.54) is 12.8 Å². The van der Waals surface area contributed by atoms with Crippen molar-refractivity contribution in [1.29, 1.82) is 0 Å². The number of rotatable bonds is 5. The van der Waals surface area contributed by atoms with Gasteiger partial charge in [-0.3, -0.25) is 4.79 Å². The smallest absolute Gasteiger partial charge is 0.224 e. The molecule has 1 unspecified atom stereocenters. The Morgan fingerprint density at radius 3 is 3.00 bits per heavy atom. The van der Waals surface area contributed by atoms with E-state index in [4.69, 9.17) is 16.3 Å². The molecular weight excluding hydrogens is 356 g/mol. The molecular formula is C15H20BrClN2O2. The predicted octanol–water partition coefficient (Wildman–Crippen LogP) is 3.97. The van der Waals surface area contributed by atoms with Gasteiger partial charge < -0.3 is 15.4 Å². The number of halogens is 2. The highest BCUT2D eigenvalue weighted by Crippen LogP contribution is 2.36. The van der Waals surface area contributed by atoms with Crippen LogP contribution in [0.1, 0.15) is 32.1 Å². The van der Waals surface area contributed by atoms with Crippen LogP contribution in [0.3, 0.4) is 0 Å². The minimum Gasteiger partial charge on any atom is -0.493 e. The van der Waals surface area contributed by atoms with Gasteiger partial charge in [0.15, 0.2) is 5.75 Å². The molecule has 116 valence electrons. The van der Waals surface area contributed by atoms with Crippen molar-refractivity contribution >= 4 is 39.1 Å². The first-order valence-corrected chi connectivity index (χ1v) is 8.33. The second-order valence-electron chi connectivity index (χ2n) is 5.20. The van der Waals surface area contributed by atoms with Crippen LogP contribution >= 0.6 is 27.5 Å². The Labute approximate surface area is 138 Å². The van der Waals surface area contributed by atoms with Gasteiger partial charge in [0.2, 0.25) is 5.91 Å². The summed E-state index contributed by atoms with van der Waals surface area (Å²) in [5.74, 6) is 0.568. The number of nitrogens with one attached hydrogen (secondary N) is 2. The van der Waals surface area contributed by atoms with Crippen LogP contribution in [0.15, 0.2) is 16.6 Å². The van der Waals surface area contributed by atoms with Gasteiger partial charge in [-0.15, -0.1) is 0 Å². The van der Waals surface area contributed by atoms with Gasteiger partial charge >= 0.3 is 0 Å². The number of carbonyl (C=O) groups excluding carboxylic acids is 1. The summed E-state index contributed by atoms with van der Waals surface area (Å²) >= 11 is 9.39. The highest BCUT2D eigenvalue weighted by atomic mass is 79.9. The minimum absolute atomic E-state index is 0.0187. The van der Waals surface area contributed by atoms with Crippen molar-refractivity contribution in [3.63, 3.8) is 0 Å². The average Bonchev–Trinajstić information content (AvgIpc) is 2.46. The second-order valence-corrected chi connectivity index (χ2v) is 6.49. The molecule has 0 bridgehead atoms. The van der Waals surface area contributed by atoms with Crippen LogP contribution in [0.25, 0.3) is 0 Å². The van der Waals surface area contributed by atoms with Crippen molar-refractivity contribution in [2.45, 2.75) is 38.1 Å². The van der Waals surface area contributed by atoms with Crippen molar-refractivity contribution in [2.75, 3.05) is 19.0 Å². The fourth-order valence-electron chi connectivity index (χ4n) is 2.55. The number of amides is 1. The number of anilines is 1. The Bertz CT molecular complexity index is 505. The molecule has 0 saturated carbocycles. The second kappa shape index (κ2) is 8.01. The van der Waals surface area contributed by atoms with E-state index in [0.29, 0.717) is 28.9 Å². The van der Waals surface area contributed by atoms with Crippen molar-refractivity contribution in [3.8, 4) is 5.75 Å². The van der Waals surface area contributed by atoms with E-state index >= 15 is 0 Å². The van der Waals surface area contributed by atoms with Crippen LogP contribution in [0, 0.1) is 0 Å². The summed E-state index contributed by atoms with van der Waals surface area (Å²) < 4.78 is 6.02. The van der Waals surface area contributed by atoms with Gasteiger partial charge in [0, 0.05) is 17.5 Å². The predicted molar refractivity (Wildman–Crippen MR) is 89.2 cm³/mol. The molecule has 1 fully saturated rings. The third kappa shape index (κ3) is 4.87. The molecule has 1 aliphatic rings. The first kappa shape index (κ1) is 16.6. The normalized spacial score (nSPS) is 18.3. The van der Waals surface area contributed by atoms with Gasteiger partial charge in [0.05, 0.1) is 17.3 Å². The molecule has 6 heteroatoms. The summed E-state index contributed by atoms with van der Waals surface area (Å²) in [6, 6.07) is 3.89. The van der Waals surface area contributed by atoms with Gasteiger partial charge in [0.1, 0.15) is 0 Å². The van der Waals surface area contributed by atoms with Crippen molar-refractivity contribution < 1.29 is 9.53 Å². The number of hydrogen-bond acceptors (Lipinski definition) is 3. The molecule has 1 heterocycles. The van der Waals surface area contributed by atoms with E-state index < -0.39 is 0 Å². The maximum atomic E-state index is 12.1. The molecule has 4 nitrogen and oxygen atoms in total. The quantitative estimate of drug-likeness (QED) is 0.818. The molecule has 1 aliphatic heterocycles. The van der Waals surface area contributed by atoms with E-state index in [9.17, 15) is 4.79 Å².